The first-order valence-electron chi connectivity index (χ1n) is 9.37. The molecule has 2 unspecified atom stereocenters. The molecule has 1 saturated carbocycles. The molecule has 4 nitrogen and oxygen atoms in total. The van der Waals surface area contributed by atoms with E-state index in [0.29, 0.717) is 24.3 Å². The number of ether oxygens (including phenoxy) is 1. The molecule has 132 valence electrons. The predicted molar refractivity (Wildman–Crippen MR) is 94.0 cm³/mol. The van der Waals surface area contributed by atoms with Crippen LogP contribution in [-0.2, 0) is 9.53 Å². The maximum absolute atomic E-state index is 11.9. The first-order chi connectivity index (χ1) is 11.7. The number of rotatable bonds is 4. The van der Waals surface area contributed by atoms with E-state index in [2.05, 4.69) is 17.0 Å². The number of hydrogen-bond acceptors (Lipinski definition) is 4. The van der Waals surface area contributed by atoms with Crippen LogP contribution in [0.2, 0.25) is 0 Å². The topological polar surface area (TPSA) is 49.8 Å². The van der Waals surface area contributed by atoms with E-state index in [-0.39, 0.29) is 11.9 Å². The zero-order valence-electron chi connectivity index (χ0n) is 14.6. The number of benzene rings is 1. The highest BCUT2D eigenvalue weighted by Crippen LogP contribution is 2.36. The van der Waals surface area contributed by atoms with Crippen molar-refractivity contribution in [2.75, 3.05) is 19.7 Å². The highest BCUT2D eigenvalue weighted by atomic mass is 16.5. The van der Waals surface area contributed by atoms with Crippen LogP contribution in [0.1, 0.15) is 56.9 Å². The van der Waals surface area contributed by atoms with Crippen LogP contribution in [0.4, 0.5) is 0 Å². The van der Waals surface area contributed by atoms with Crippen LogP contribution in [0.5, 0.6) is 5.75 Å². The van der Waals surface area contributed by atoms with Gasteiger partial charge in [0.2, 0.25) is 0 Å². The Morgan fingerprint density at radius 2 is 1.88 bits per heavy atom. The third-order valence-corrected chi connectivity index (χ3v) is 5.68. The molecule has 2 aliphatic rings. The van der Waals surface area contributed by atoms with Gasteiger partial charge in [-0.05, 0) is 75.7 Å². The number of likely N-dealkylation sites (tertiary alicyclic amines) is 1. The summed E-state index contributed by atoms with van der Waals surface area (Å²) in [5.41, 5.74) is 1.35. The molecule has 1 aliphatic carbocycles. The lowest BCUT2D eigenvalue weighted by Gasteiger charge is -2.41. The van der Waals surface area contributed by atoms with Crippen molar-refractivity contribution >= 4 is 5.97 Å². The van der Waals surface area contributed by atoms with Crippen molar-refractivity contribution in [3.8, 4) is 5.75 Å². The minimum absolute atomic E-state index is 0.0113. The highest BCUT2D eigenvalue weighted by Gasteiger charge is 2.32. The molecule has 24 heavy (non-hydrogen) atoms. The smallest absolute Gasteiger partial charge is 0.309 e. The summed E-state index contributed by atoms with van der Waals surface area (Å²) in [6.07, 6.45) is 6.81. The fourth-order valence-electron chi connectivity index (χ4n) is 4.31. The van der Waals surface area contributed by atoms with Crippen LogP contribution in [0.15, 0.2) is 24.3 Å². The number of hydrogen-bond donors (Lipinski definition) is 1. The largest absolute Gasteiger partial charge is 0.508 e. The number of piperidine rings is 1. The van der Waals surface area contributed by atoms with Crippen molar-refractivity contribution in [1.82, 2.24) is 4.90 Å². The van der Waals surface area contributed by atoms with Crippen LogP contribution in [-0.4, -0.2) is 41.7 Å². The van der Waals surface area contributed by atoms with Crippen molar-refractivity contribution in [3.63, 3.8) is 0 Å². The predicted octanol–water partition coefficient (Wildman–Crippen LogP) is 3.69. The molecule has 0 spiro atoms. The van der Waals surface area contributed by atoms with Crippen LogP contribution in [0, 0.1) is 5.92 Å². The Bertz CT molecular complexity index is 534. The van der Waals surface area contributed by atoms with E-state index >= 15 is 0 Å². The van der Waals surface area contributed by atoms with Crippen molar-refractivity contribution in [2.45, 2.75) is 57.4 Å². The summed E-state index contributed by atoms with van der Waals surface area (Å²) in [5.74, 6) is 1.01. The first-order valence-corrected chi connectivity index (χ1v) is 9.37. The number of phenolic OH excluding ortho intramolecular Hbond substituents is 1. The molecule has 1 aromatic rings. The minimum Gasteiger partial charge on any atom is -0.508 e. The van der Waals surface area contributed by atoms with Gasteiger partial charge in [-0.2, -0.15) is 0 Å². The van der Waals surface area contributed by atoms with Gasteiger partial charge >= 0.3 is 5.97 Å². The molecular formula is C20H29NO3. The van der Waals surface area contributed by atoms with Gasteiger partial charge < -0.3 is 14.7 Å². The van der Waals surface area contributed by atoms with Crippen LogP contribution in [0.25, 0.3) is 0 Å². The Balaban J connectivity index is 1.54. The van der Waals surface area contributed by atoms with Crippen molar-refractivity contribution < 1.29 is 14.6 Å². The maximum Gasteiger partial charge on any atom is 0.309 e. The quantitative estimate of drug-likeness (QED) is 0.855. The van der Waals surface area contributed by atoms with Gasteiger partial charge in [-0.3, -0.25) is 4.79 Å². The van der Waals surface area contributed by atoms with Gasteiger partial charge in [-0.1, -0.05) is 18.6 Å². The van der Waals surface area contributed by atoms with E-state index < -0.39 is 0 Å². The number of carbonyl (C=O) groups is 1. The Labute approximate surface area is 144 Å². The molecule has 3 rings (SSSR count). The van der Waals surface area contributed by atoms with Gasteiger partial charge in [0.25, 0.3) is 0 Å². The average Bonchev–Trinajstić information content (AvgIpc) is 2.63. The van der Waals surface area contributed by atoms with E-state index in [0.717, 1.165) is 25.9 Å². The summed E-state index contributed by atoms with van der Waals surface area (Å²) in [4.78, 5) is 14.5. The third-order valence-electron chi connectivity index (χ3n) is 5.68. The van der Waals surface area contributed by atoms with Crippen LogP contribution in [0.3, 0.4) is 0 Å². The lowest BCUT2D eigenvalue weighted by molar-refractivity contribution is -0.149. The molecule has 0 bridgehead atoms. The molecule has 1 aromatic carbocycles. The van der Waals surface area contributed by atoms with E-state index in [9.17, 15) is 9.90 Å². The molecule has 2 atom stereocenters. The van der Waals surface area contributed by atoms with Gasteiger partial charge in [0.15, 0.2) is 0 Å². The number of nitrogens with zero attached hydrogens (tertiary/aromatic N) is 1. The minimum atomic E-state index is -0.0113. The van der Waals surface area contributed by atoms with E-state index in [4.69, 9.17) is 4.74 Å². The molecule has 1 heterocycles. The average molecular weight is 331 g/mol. The zero-order chi connectivity index (χ0) is 16.9. The van der Waals surface area contributed by atoms with E-state index in [1.807, 2.05) is 6.92 Å². The Hall–Kier alpha value is -1.55. The molecule has 1 aliphatic heterocycles. The summed E-state index contributed by atoms with van der Waals surface area (Å²) >= 11 is 0. The third kappa shape index (κ3) is 4.10. The number of phenols is 1. The molecule has 4 heteroatoms. The summed E-state index contributed by atoms with van der Waals surface area (Å²) in [6, 6.07) is 8.35. The van der Waals surface area contributed by atoms with Crippen molar-refractivity contribution in [1.29, 1.82) is 0 Å². The van der Waals surface area contributed by atoms with Gasteiger partial charge in [-0.25, -0.2) is 0 Å². The number of carbonyl (C=O) groups excluding carboxylic acids is 1. The zero-order valence-corrected chi connectivity index (χ0v) is 14.6. The molecule has 0 aromatic heterocycles. The lowest BCUT2D eigenvalue weighted by atomic mass is 9.80. The summed E-state index contributed by atoms with van der Waals surface area (Å²) in [5, 5.41) is 9.47. The maximum atomic E-state index is 11.9. The van der Waals surface area contributed by atoms with Crippen LogP contribution < -0.4 is 0 Å². The Kier molecular flexibility index (Phi) is 5.77. The Morgan fingerprint density at radius 1 is 1.17 bits per heavy atom. The van der Waals surface area contributed by atoms with Gasteiger partial charge in [0.1, 0.15) is 5.75 Å². The summed E-state index contributed by atoms with van der Waals surface area (Å²) in [6.45, 7) is 4.38. The lowest BCUT2D eigenvalue weighted by Crippen LogP contribution is -2.44. The fourth-order valence-corrected chi connectivity index (χ4v) is 4.31. The molecule has 2 fully saturated rings. The van der Waals surface area contributed by atoms with Crippen molar-refractivity contribution in [3.05, 3.63) is 29.8 Å². The van der Waals surface area contributed by atoms with E-state index in [1.54, 1.807) is 12.1 Å². The second kappa shape index (κ2) is 8.02. The standard InChI is InChI=1S/C20H29NO3/c1-2-24-20(23)16-10-12-21(13-11-16)18-5-3-4-17(14-18)15-6-8-19(22)9-7-15/h6-9,16-18,22H,2-5,10-14H2,1H3. The van der Waals surface area contributed by atoms with Gasteiger partial charge in [0, 0.05) is 6.04 Å². The molecule has 1 N–H and O–H groups in total. The first kappa shape index (κ1) is 17.3. The summed E-state index contributed by atoms with van der Waals surface area (Å²) < 4.78 is 5.17. The van der Waals surface area contributed by atoms with E-state index in [1.165, 1.54) is 31.2 Å². The molecule has 1 saturated heterocycles. The second-order valence-corrected chi connectivity index (χ2v) is 7.17. The van der Waals surface area contributed by atoms with Crippen LogP contribution >= 0.6 is 0 Å². The fraction of sp³-hybridized carbons (Fsp3) is 0.650. The normalized spacial score (nSPS) is 26.2. The molecule has 0 radical (unpaired) electrons. The Morgan fingerprint density at radius 3 is 2.54 bits per heavy atom. The second-order valence-electron chi connectivity index (χ2n) is 7.17. The number of aromatic hydroxyl groups is 1. The van der Waals surface area contributed by atoms with Crippen molar-refractivity contribution in [2.24, 2.45) is 5.92 Å². The number of esters is 1. The molecule has 0 amide bonds. The van der Waals surface area contributed by atoms with Gasteiger partial charge in [0.05, 0.1) is 12.5 Å². The SMILES string of the molecule is CCOC(=O)C1CCN(C2CCCC(c3ccc(O)cc3)C2)CC1. The monoisotopic (exact) mass is 331 g/mol. The van der Waals surface area contributed by atoms with Gasteiger partial charge in [-0.15, -0.1) is 0 Å². The highest BCUT2D eigenvalue weighted by molar-refractivity contribution is 5.72. The summed E-state index contributed by atoms with van der Waals surface area (Å²) in [7, 11) is 0. The molecular weight excluding hydrogens is 302 g/mol.